The van der Waals surface area contributed by atoms with Crippen LogP contribution >= 0.6 is 16.8 Å². The molecule has 0 heterocycles. The van der Waals surface area contributed by atoms with Crippen LogP contribution in [0.1, 0.15) is 33.6 Å². The van der Waals surface area contributed by atoms with E-state index in [0.29, 0.717) is 19.4 Å². The van der Waals surface area contributed by atoms with Gasteiger partial charge >= 0.3 is 6.09 Å². The molecule has 0 bridgehead atoms. The number of carbonyl (C=O) groups is 2. The van der Waals surface area contributed by atoms with Gasteiger partial charge in [0.05, 0.1) is 8.58 Å². The third-order valence-electron chi connectivity index (χ3n) is 1.44. The maximum absolute atomic E-state index is 11.8. The Morgan fingerprint density at radius 3 is 2.50 bits per heavy atom. The van der Waals surface area contributed by atoms with Crippen LogP contribution in [0.3, 0.4) is 0 Å². The largest absolute Gasteiger partial charge is 0.444 e. The first-order chi connectivity index (χ1) is 7.35. The van der Waals surface area contributed by atoms with E-state index in [0.717, 1.165) is 0 Å². The molecule has 0 saturated heterocycles. The van der Waals surface area contributed by atoms with E-state index in [9.17, 15) is 13.8 Å². The highest BCUT2D eigenvalue weighted by atomic mass is 32.0. The Morgan fingerprint density at radius 1 is 1.38 bits per heavy atom. The minimum absolute atomic E-state index is 0.0770. The Morgan fingerprint density at radius 2 is 2.00 bits per heavy atom. The van der Waals surface area contributed by atoms with Gasteiger partial charge in [-0.25, -0.2) is 8.99 Å². The average molecular weight is 269 g/mol. The molecule has 7 heteroatoms. The van der Waals surface area contributed by atoms with Crippen LogP contribution in [0.25, 0.3) is 0 Å². The molecule has 0 aliphatic carbocycles. The molecule has 2 unspecified atom stereocenters. The smallest absolute Gasteiger partial charge is 0.407 e. The van der Waals surface area contributed by atoms with Gasteiger partial charge in [0.15, 0.2) is 5.52 Å². The van der Waals surface area contributed by atoms with E-state index in [1.807, 2.05) is 0 Å². The van der Waals surface area contributed by atoms with Crippen molar-refractivity contribution in [3.8, 4) is 0 Å². The van der Waals surface area contributed by atoms with E-state index in [4.69, 9.17) is 4.74 Å². The summed E-state index contributed by atoms with van der Waals surface area (Å²) >= 11 is 0. The van der Waals surface area contributed by atoms with Crippen LogP contribution in [0.5, 0.6) is 0 Å². The molecule has 0 aliphatic rings. The predicted molar refractivity (Wildman–Crippen MR) is 66.2 cm³/mol. The quantitative estimate of drug-likeness (QED) is 0.595. The first-order valence-corrected chi connectivity index (χ1v) is 7.84. The van der Waals surface area contributed by atoms with E-state index in [-0.39, 0.29) is 13.8 Å². The molecule has 0 fully saturated rings. The SMILES string of the molecule is CC(C)(C)OC(=O)NCCCC(=O)PPF. The van der Waals surface area contributed by atoms with Crippen molar-refractivity contribution in [2.45, 2.75) is 39.2 Å². The molecule has 0 aromatic heterocycles. The third kappa shape index (κ3) is 10.3. The molecule has 1 N–H and O–H groups in total. The minimum Gasteiger partial charge on any atom is -0.444 e. The summed E-state index contributed by atoms with van der Waals surface area (Å²) in [4.78, 5) is 22.1. The number of hydrogen-bond acceptors (Lipinski definition) is 3. The van der Waals surface area contributed by atoms with Gasteiger partial charge in [0.1, 0.15) is 5.60 Å². The van der Waals surface area contributed by atoms with Crippen LogP contribution in [0, 0.1) is 0 Å². The molecule has 0 rings (SSSR count). The number of hydrogen-bond donors (Lipinski definition) is 1. The summed E-state index contributed by atoms with van der Waals surface area (Å²) in [6.07, 6.45) is 0.343. The zero-order chi connectivity index (χ0) is 12.6. The van der Waals surface area contributed by atoms with E-state index in [1.165, 1.54) is 0 Å². The highest BCUT2D eigenvalue weighted by Crippen LogP contribution is 2.39. The van der Waals surface area contributed by atoms with Gasteiger partial charge in [-0.3, -0.25) is 4.79 Å². The summed E-state index contributed by atoms with van der Waals surface area (Å²) < 4.78 is 16.8. The van der Waals surface area contributed by atoms with Crippen LogP contribution in [0.15, 0.2) is 0 Å². The Bertz CT molecular complexity index is 243. The van der Waals surface area contributed by atoms with Gasteiger partial charge in [0.25, 0.3) is 0 Å². The van der Waals surface area contributed by atoms with Gasteiger partial charge in [0.2, 0.25) is 0 Å². The summed E-state index contributed by atoms with van der Waals surface area (Å²) in [5.41, 5.74) is -0.594. The van der Waals surface area contributed by atoms with Crippen LogP contribution < -0.4 is 5.32 Å². The van der Waals surface area contributed by atoms with Crippen LogP contribution in [-0.2, 0) is 9.53 Å². The summed E-state index contributed by atoms with van der Waals surface area (Å²) in [6.45, 7) is 5.71. The van der Waals surface area contributed by atoms with Crippen molar-refractivity contribution >= 4 is 28.5 Å². The summed E-state index contributed by atoms with van der Waals surface area (Å²) in [5, 5.41) is 2.53. The van der Waals surface area contributed by atoms with Gasteiger partial charge in [-0.2, -0.15) is 0 Å². The maximum Gasteiger partial charge on any atom is 0.407 e. The number of alkyl carbamates (subject to hydrolysis) is 1. The molecule has 0 aromatic carbocycles. The fourth-order valence-electron chi connectivity index (χ4n) is 0.869. The highest BCUT2D eigenvalue weighted by molar-refractivity contribution is 8.17. The molecule has 0 radical (unpaired) electrons. The average Bonchev–Trinajstić information content (AvgIpc) is 2.10. The van der Waals surface area contributed by atoms with Crippen molar-refractivity contribution in [3.05, 3.63) is 0 Å². The molecule has 0 saturated carbocycles. The first-order valence-electron chi connectivity index (χ1n) is 4.96. The van der Waals surface area contributed by atoms with Crippen molar-refractivity contribution in [1.82, 2.24) is 5.32 Å². The lowest BCUT2D eigenvalue weighted by Gasteiger charge is -2.19. The summed E-state index contributed by atoms with van der Waals surface area (Å²) in [5.74, 6) is 0. The Kier molecular flexibility index (Phi) is 7.78. The molecule has 0 aliphatic heterocycles. The molecule has 94 valence electrons. The van der Waals surface area contributed by atoms with Crippen molar-refractivity contribution < 1.29 is 18.5 Å². The second kappa shape index (κ2) is 7.92. The van der Waals surface area contributed by atoms with Crippen molar-refractivity contribution in [1.29, 1.82) is 0 Å². The van der Waals surface area contributed by atoms with Crippen LogP contribution in [0.4, 0.5) is 8.99 Å². The highest BCUT2D eigenvalue weighted by Gasteiger charge is 2.15. The van der Waals surface area contributed by atoms with E-state index >= 15 is 0 Å². The summed E-state index contributed by atoms with van der Waals surface area (Å²) in [6, 6.07) is 0. The normalized spacial score (nSPS) is 12.5. The Hall–Kier alpha value is -0.270. The van der Waals surface area contributed by atoms with Gasteiger partial charge < -0.3 is 10.1 Å². The van der Waals surface area contributed by atoms with Gasteiger partial charge in [-0.1, -0.05) is 0 Å². The van der Waals surface area contributed by atoms with Crippen molar-refractivity contribution in [2.75, 3.05) is 6.54 Å². The molecule has 0 aromatic rings. The summed E-state index contributed by atoms with van der Waals surface area (Å²) in [7, 11) is -1.03. The Balaban J connectivity index is 3.52. The second-order valence-electron chi connectivity index (χ2n) is 4.17. The Labute approximate surface area is 98.7 Å². The van der Waals surface area contributed by atoms with Crippen molar-refractivity contribution in [2.24, 2.45) is 0 Å². The molecule has 0 spiro atoms. The molecular weight excluding hydrogens is 251 g/mol. The number of carbonyl (C=O) groups excluding carboxylic acids is 2. The second-order valence-corrected chi connectivity index (χ2v) is 6.49. The van der Waals surface area contributed by atoms with Crippen LogP contribution in [0.2, 0.25) is 0 Å². The first kappa shape index (κ1) is 15.7. The fourth-order valence-corrected chi connectivity index (χ4v) is 1.97. The van der Waals surface area contributed by atoms with E-state index in [2.05, 4.69) is 5.32 Å². The van der Waals surface area contributed by atoms with E-state index in [1.54, 1.807) is 20.8 Å². The van der Waals surface area contributed by atoms with Crippen LogP contribution in [-0.4, -0.2) is 23.8 Å². The number of amides is 1. The van der Waals surface area contributed by atoms with Gasteiger partial charge in [-0.15, -0.1) is 0 Å². The van der Waals surface area contributed by atoms with Gasteiger partial charge in [0, 0.05) is 21.2 Å². The number of ether oxygens (including phenoxy) is 1. The lowest BCUT2D eigenvalue weighted by molar-refractivity contribution is -0.111. The van der Waals surface area contributed by atoms with E-state index < -0.39 is 20.3 Å². The topological polar surface area (TPSA) is 55.4 Å². The molecular formula is C9H18FNO3P2. The molecule has 16 heavy (non-hydrogen) atoms. The lowest BCUT2D eigenvalue weighted by Crippen LogP contribution is -2.33. The molecule has 4 nitrogen and oxygen atoms in total. The maximum atomic E-state index is 11.8. The predicted octanol–water partition coefficient (Wildman–Crippen LogP) is 2.97. The monoisotopic (exact) mass is 269 g/mol. The number of halogens is 1. The van der Waals surface area contributed by atoms with Crippen molar-refractivity contribution in [3.63, 3.8) is 0 Å². The number of nitrogens with one attached hydrogen (secondary N) is 1. The minimum atomic E-state index is -0.796. The standard InChI is InChI=1S/C9H18FNO3P2/c1-9(2,3)14-8(13)11-6-4-5-7(12)15-16-10/h15-16H,4-6H2,1-3H3,(H,11,13). The number of rotatable bonds is 6. The molecule has 1 amide bonds. The third-order valence-corrected chi connectivity index (χ3v) is 3.18. The zero-order valence-corrected chi connectivity index (χ0v) is 11.7. The molecule has 2 atom stereocenters. The lowest BCUT2D eigenvalue weighted by atomic mass is 10.2. The zero-order valence-electron chi connectivity index (χ0n) is 9.72. The fraction of sp³-hybridized carbons (Fsp3) is 0.778. The van der Waals surface area contributed by atoms with Gasteiger partial charge in [-0.05, 0) is 27.2 Å².